The van der Waals surface area contributed by atoms with Crippen molar-refractivity contribution in [2.75, 3.05) is 0 Å². The van der Waals surface area contributed by atoms with Gasteiger partial charge < -0.3 is 15.9 Å². The summed E-state index contributed by atoms with van der Waals surface area (Å²) in [6.45, 7) is 0. The SMILES string of the molecule is NC(C(=O)O)[C@H](O)c1ccc(C(F)(F)F)cc1. The molecule has 4 N–H and O–H groups in total. The van der Waals surface area contributed by atoms with E-state index in [1.807, 2.05) is 0 Å². The standard InChI is InChI=1S/C10H10F3NO3/c11-10(12,13)6-3-1-5(2-4-6)8(15)7(14)9(16)17/h1-4,7-8,15H,14H2,(H,16,17)/t7?,8-/m1/s1. The summed E-state index contributed by atoms with van der Waals surface area (Å²) in [6.07, 6.45) is -6.02. The first-order valence-corrected chi connectivity index (χ1v) is 4.57. The number of carboxylic acids is 1. The zero-order valence-electron chi connectivity index (χ0n) is 8.48. The summed E-state index contributed by atoms with van der Waals surface area (Å²) < 4.78 is 36.7. The van der Waals surface area contributed by atoms with Gasteiger partial charge in [-0.1, -0.05) is 12.1 Å². The lowest BCUT2D eigenvalue weighted by molar-refractivity contribution is -0.141. The molecular formula is C10H10F3NO3. The zero-order valence-corrected chi connectivity index (χ0v) is 8.48. The van der Waals surface area contributed by atoms with E-state index in [1.54, 1.807) is 0 Å². The Labute approximate surface area is 94.5 Å². The molecule has 0 radical (unpaired) electrons. The predicted molar refractivity (Wildman–Crippen MR) is 52.0 cm³/mol. The number of rotatable bonds is 3. The molecule has 1 aromatic carbocycles. The van der Waals surface area contributed by atoms with Crippen LogP contribution < -0.4 is 5.73 Å². The van der Waals surface area contributed by atoms with Crippen LogP contribution >= 0.6 is 0 Å². The molecule has 0 saturated heterocycles. The molecule has 0 fully saturated rings. The number of carbonyl (C=O) groups is 1. The third-order valence-corrected chi connectivity index (χ3v) is 2.20. The van der Waals surface area contributed by atoms with Gasteiger partial charge in [0.25, 0.3) is 0 Å². The van der Waals surface area contributed by atoms with Crippen molar-refractivity contribution in [3.63, 3.8) is 0 Å². The molecule has 0 amide bonds. The van der Waals surface area contributed by atoms with E-state index in [9.17, 15) is 23.1 Å². The summed E-state index contributed by atoms with van der Waals surface area (Å²) in [5.74, 6) is -1.43. The van der Waals surface area contributed by atoms with Crippen molar-refractivity contribution < 1.29 is 28.2 Å². The number of halogens is 3. The van der Waals surface area contributed by atoms with Crippen LogP contribution in [-0.2, 0) is 11.0 Å². The Hall–Kier alpha value is -1.60. The van der Waals surface area contributed by atoms with Crippen LogP contribution in [0.3, 0.4) is 0 Å². The fraction of sp³-hybridized carbons (Fsp3) is 0.300. The quantitative estimate of drug-likeness (QED) is 0.750. The maximum Gasteiger partial charge on any atom is 0.416 e. The number of benzene rings is 1. The number of aliphatic hydroxyl groups is 1. The Morgan fingerprint density at radius 1 is 1.24 bits per heavy atom. The molecule has 0 aliphatic heterocycles. The molecule has 2 atom stereocenters. The van der Waals surface area contributed by atoms with Gasteiger partial charge in [-0.15, -0.1) is 0 Å². The Morgan fingerprint density at radius 3 is 2.06 bits per heavy atom. The second kappa shape index (κ2) is 4.72. The molecule has 4 nitrogen and oxygen atoms in total. The molecule has 0 aromatic heterocycles. The summed E-state index contributed by atoms with van der Waals surface area (Å²) in [5, 5.41) is 18.0. The van der Waals surface area contributed by atoms with Gasteiger partial charge in [0.1, 0.15) is 12.1 Å². The predicted octanol–water partition coefficient (Wildman–Crippen LogP) is 1.15. The van der Waals surface area contributed by atoms with E-state index in [1.165, 1.54) is 0 Å². The zero-order chi connectivity index (χ0) is 13.2. The number of aliphatic hydroxyl groups excluding tert-OH is 1. The molecular weight excluding hydrogens is 239 g/mol. The number of hydrogen-bond acceptors (Lipinski definition) is 3. The Bertz CT molecular complexity index is 402. The summed E-state index contributed by atoms with van der Waals surface area (Å²) in [7, 11) is 0. The molecule has 0 aliphatic rings. The molecule has 1 aromatic rings. The van der Waals surface area contributed by atoms with E-state index < -0.39 is 29.9 Å². The van der Waals surface area contributed by atoms with E-state index in [4.69, 9.17) is 10.8 Å². The van der Waals surface area contributed by atoms with Gasteiger partial charge in [-0.25, -0.2) is 0 Å². The third kappa shape index (κ3) is 3.18. The van der Waals surface area contributed by atoms with E-state index >= 15 is 0 Å². The molecule has 0 heterocycles. The van der Waals surface area contributed by atoms with Gasteiger partial charge in [0.05, 0.1) is 5.56 Å². The van der Waals surface area contributed by atoms with Crippen LogP contribution in [0.25, 0.3) is 0 Å². The van der Waals surface area contributed by atoms with E-state index in [0.29, 0.717) is 0 Å². The second-order valence-electron chi connectivity index (χ2n) is 3.43. The minimum atomic E-state index is -4.47. The highest BCUT2D eigenvalue weighted by Crippen LogP contribution is 2.30. The summed E-state index contributed by atoms with van der Waals surface area (Å²) >= 11 is 0. The van der Waals surface area contributed by atoms with Crippen LogP contribution in [-0.4, -0.2) is 22.2 Å². The number of carboxylic acid groups (broad SMARTS) is 1. The van der Waals surface area contributed by atoms with Crippen LogP contribution in [0.4, 0.5) is 13.2 Å². The Balaban J connectivity index is 2.92. The van der Waals surface area contributed by atoms with Crippen molar-refractivity contribution in [1.29, 1.82) is 0 Å². The minimum Gasteiger partial charge on any atom is -0.480 e. The normalized spacial score (nSPS) is 15.4. The first-order chi connectivity index (χ1) is 7.73. The number of alkyl halides is 3. The fourth-order valence-corrected chi connectivity index (χ4v) is 1.21. The Morgan fingerprint density at radius 2 is 1.71 bits per heavy atom. The maximum absolute atomic E-state index is 12.2. The van der Waals surface area contributed by atoms with Crippen LogP contribution in [0, 0.1) is 0 Å². The molecule has 94 valence electrons. The highest BCUT2D eigenvalue weighted by Gasteiger charge is 2.31. The van der Waals surface area contributed by atoms with Gasteiger partial charge in [-0.2, -0.15) is 13.2 Å². The van der Waals surface area contributed by atoms with Crippen LogP contribution in [0.5, 0.6) is 0 Å². The molecule has 0 bridgehead atoms. The van der Waals surface area contributed by atoms with Crippen LogP contribution in [0.2, 0.25) is 0 Å². The van der Waals surface area contributed by atoms with Crippen molar-refractivity contribution in [2.24, 2.45) is 5.73 Å². The monoisotopic (exact) mass is 249 g/mol. The van der Waals surface area contributed by atoms with Gasteiger partial charge in [-0.3, -0.25) is 4.79 Å². The molecule has 0 saturated carbocycles. The first kappa shape index (κ1) is 13.5. The third-order valence-electron chi connectivity index (χ3n) is 2.20. The molecule has 17 heavy (non-hydrogen) atoms. The van der Waals surface area contributed by atoms with Crippen molar-refractivity contribution >= 4 is 5.97 Å². The number of aliphatic carboxylic acids is 1. The van der Waals surface area contributed by atoms with E-state index in [-0.39, 0.29) is 5.56 Å². The summed E-state index contributed by atoms with van der Waals surface area (Å²) in [5.41, 5.74) is 4.29. The number of hydrogen-bond donors (Lipinski definition) is 3. The largest absolute Gasteiger partial charge is 0.480 e. The van der Waals surface area contributed by atoms with Crippen LogP contribution in [0.15, 0.2) is 24.3 Å². The minimum absolute atomic E-state index is 0.0212. The van der Waals surface area contributed by atoms with Gasteiger partial charge in [0.15, 0.2) is 0 Å². The maximum atomic E-state index is 12.2. The van der Waals surface area contributed by atoms with Crippen LogP contribution in [0.1, 0.15) is 17.2 Å². The molecule has 0 aliphatic carbocycles. The Kier molecular flexibility index (Phi) is 3.74. The lowest BCUT2D eigenvalue weighted by Crippen LogP contribution is -2.36. The summed E-state index contributed by atoms with van der Waals surface area (Å²) in [4.78, 5) is 10.5. The molecule has 1 unspecified atom stereocenters. The van der Waals surface area contributed by atoms with Crippen molar-refractivity contribution in [1.82, 2.24) is 0 Å². The highest BCUT2D eigenvalue weighted by molar-refractivity contribution is 5.74. The molecule has 0 spiro atoms. The van der Waals surface area contributed by atoms with Gasteiger partial charge in [0, 0.05) is 0 Å². The highest BCUT2D eigenvalue weighted by atomic mass is 19.4. The topological polar surface area (TPSA) is 83.6 Å². The van der Waals surface area contributed by atoms with E-state index in [2.05, 4.69) is 0 Å². The summed E-state index contributed by atoms with van der Waals surface area (Å²) in [6, 6.07) is 1.93. The second-order valence-corrected chi connectivity index (χ2v) is 3.43. The van der Waals surface area contributed by atoms with Gasteiger partial charge in [-0.05, 0) is 17.7 Å². The van der Waals surface area contributed by atoms with Crippen molar-refractivity contribution in [3.05, 3.63) is 35.4 Å². The fourth-order valence-electron chi connectivity index (χ4n) is 1.21. The van der Waals surface area contributed by atoms with Crippen molar-refractivity contribution in [3.8, 4) is 0 Å². The molecule has 7 heteroatoms. The lowest BCUT2D eigenvalue weighted by Gasteiger charge is -2.16. The first-order valence-electron chi connectivity index (χ1n) is 4.57. The lowest BCUT2D eigenvalue weighted by atomic mass is 10.0. The van der Waals surface area contributed by atoms with Crippen molar-refractivity contribution in [2.45, 2.75) is 18.3 Å². The smallest absolute Gasteiger partial charge is 0.416 e. The van der Waals surface area contributed by atoms with Gasteiger partial charge in [0.2, 0.25) is 0 Å². The average molecular weight is 249 g/mol. The molecule has 1 rings (SSSR count). The average Bonchev–Trinajstić information content (AvgIpc) is 2.26. The van der Waals surface area contributed by atoms with Gasteiger partial charge >= 0.3 is 12.1 Å². The van der Waals surface area contributed by atoms with E-state index in [0.717, 1.165) is 24.3 Å². The number of nitrogens with two attached hydrogens (primary N) is 1.